The Morgan fingerprint density at radius 1 is 1.21 bits per heavy atom. The third-order valence-electron chi connectivity index (χ3n) is 4.43. The third-order valence-corrected chi connectivity index (χ3v) is 4.43. The van der Waals surface area contributed by atoms with Crippen molar-refractivity contribution in [2.75, 3.05) is 11.9 Å². The van der Waals surface area contributed by atoms with E-state index in [2.05, 4.69) is 70.0 Å². The van der Waals surface area contributed by atoms with Gasteiger partial charge in [-0.15, -0.1) is 0 Å². The topological polar surface area (TPSA) is 3.24 Å². The van der Waals surface area contributed by atoms with E-state index < -0.39 is 0 Å². The summed E-state index contributed by atoms with van der Waals surface area (Å²) in [6.45, 7) is 9.24. The van der Waals surface area contributed by atoms with Gasteiger partial charge in [-0.25, -0.2) is 0 Å². The zero-order valence-electron chi connectivity index (χ0n) is 13.0. The quantitative estimate of drug-likeness (QED) is 0.707. The van der Waals surface area contributed by atoms with E-state index in [1.165, 1.54) is 36.2 Å². The van der Waals surface area contributed by atoms with Gasteiger partial charge >= 0.3 is 0 Å². The molecule has 1 aromatic carbocycles. The van der Waals surface area contributed by atoms with Crippen molar-refractivity contribution >= 4 is 5.69 Å². The van der Waals surface area contributed by atoms with Crippen molar-refractivity contribution in [1.29, 1.82) is 0 Å². The number of allylic oxidation sites excluding steroid dienone is 2. The molecule has 0 heterocycles. The van der Waals surface area contributed by atoms with Gasteiger partial charge in [-0.3, -0.25) is 0 Å². The van der Waals surface area contributed by atoms with Crippen LogP contribution >= 0.6 is 0 Å². The molecule has 1 aromatic rings. The van der Waals surface area contributed by atoms with E-state index in [9.17, 15) is 0 Å². The summed E-state index contributed by atoms with van der Waals surface area (Å²) >= 11 is 0. The van der Waals surface area contributed by atoms with E-state index in [0.717, 1.165) is 5.92 Å². The fourth-order valence-electron chi connectivity index (χ4n) is 2.91. The van der Waals surface area contributed by atoms with Crippen LogP contribution in [-0.4, -0.2) is 7.05 Å². The number of hydrogen-bond acceptors (Lipinski definition) is 1. The zero-order valence-corrected chi connectivity index (χ0v) is 13.0. The highest BCUT2D eigenvalue weighted by Crippen LogP contribution is 2.38. The number of aryl methyl sites for hydroxylation is 1. The lowest BCUT2D eigenvalue weighted by molar-refractivity contribution is 0.220. The maximum Gasteiger partial charge on any atom is 0.0408 e. The molecule has 0 fully saturated rings. The Labute approximate surface area is 118 Å². The van der Waals surface area contributed by atoms with Gasteiger partial charge in [0, 0.05) is 18.4 Å². The number of benzene rings is 1. The molecule has 0 saturated carbocycles. The van der Waals surface area contributed by atoms with Crippen molar-refractivity contribution in [3.05, 3.63) is 41.6 Å². The molecule has 0 aromatic heterocycles. The molecule has 0 N–H and O–H groups in total. The lowest BCUT2D eigenvalue weighted by Gasteiger charge is -2.35. The highest BCUT2D eigenvalue weighted by Gasteiger charge is 2.27. The van der Waals surface area contributed by atoms with Crippen molar-refractivity contribution in [3.8, 4) is 0 Å². The van der Waals surface area contributed by atoms with Crippen molar-refractivity contribution in [3.63, 3.8) is 0 Å². The first-order valence-corrected chi connectivity index (χ1v) is 7.37. The van der Waals surface area contributed by atoms with Crippen LogP contribution in [0.3, 0.4) is 0 Å². The molecule has 1 aliphatic carbocycles. The van der Waals surface area contributed by atoms with Crippen LogP contribution in [0.4, 0.5) is 5.69 Å². The average Bonchev–Trinajstić information content (AvgIpc) is 2.37. The fraction of sp³-hybridized carbons (Fsp3) is 0.556. The van der Waals surface area contributed by atoms with Gasteiger partial charge in [0.15, 0.2) is 0 Å². The molecular formula is C18H27N. The van der Waals surface area contributed by atoms with Gasteiger partial charge < -0.3 is 4.90 Å². The Bertz CT molecular complexity index is 465. The minimum atomic E-state index is 0.434. The summed E-state index contributed by atoms with van der Waals surface area (Å²) in [7, 11) is 2.19. The molecule has 0 bridgehead atoms. The molecule has 1 nitrogen and oxygen atoms in total. The summed E-state index contributed by atoms with van der Waals surface area (Å²) in [6.07, 6.45) is 6.18. The van der Waals surface area contributed by atoms with Crippen LogP contribution in [0.5, 0.6) is 0 Å². The van der Waals surface area contributed by atoms with E-state index in [0.29, 0.717) is 5.41 Å². The molecule has 0 aliphatic heterocycles. The van der Waals surface area contributed by atoms with Gasteiger partial charge in [-0.05, 0) is 55.2 Å². The fourth-order valence-corrected chi connectivity index (χ4v) is 2.91. The molecule has 0 spiro atoms. The zero-order chi connectivity index (χ0) is 14.0. The molecule has 104 valence electrons. The Morgan fingerprint density at radius 2 is 1.95 bits per heavy atom. The van der Waals surface area contributed by atoms with E-state index in [1.807, 2.05) is 0 Å². The van der Waals surface area contributed by atoms with Gasteiger partial charge in [0.2, 0.25) is 0 Å². The van der Waals surface area contributed by atoms with Crippen LogP contribution in [0, 0.1) is 18.3 Å². The van der Waals surface area contributed by atoms with Crippen LogP contribution in [-0.2, 0) is 0 Å². The highest BCUT2D eigenvalue weighted by atomic mass is 15.1. The SMILES string of the molecule is Cc1cccc(N(C)C2=CCC(C(C)(C)C)CC2)c1. The van der Waals surface area contributed by atoms with E-state index >= 15 is 0 Å². The smallest absolute Gasteiger partial charge is 0.0408 e. The second kappa shape index (κ2) is 5.40. The molecule has 1 aliphatic rings. The predicted octanol–water partition coefficient (Wildman–Crippen LogP) is 5.16. The summed E-state index contributed by atoms with van der Waals surface area (Å²) in [5.74, 6) is 0.821. The lowest BCUT2D eigenvalue weighted by Crippen LogP contribution is -2.26. The van der Waals surface area contributed by atoms with Crippen LogP contribution < -0.4 is 4.90 Å². The Hall–Kier alpha value is -1.24. The van der Waals surface area contributed by atoms with Crippen LogP contribution in [0.15, 0.2) is 36.0 Å². The summed E-state index contributed by atoms with van der Waals surface area (Å²) < 4.78 is 0. The van der Waals surface area contributed by atoms with Crippen molar-refractivity contribution < 1.29 is 0 Å². The van der Waals surface area contributed by atoms with Crippen molar-refractivity contribution in [2.24, 2.45) is 11.3 Å². The molecule has 0 saturated heterocycles. The van der Waals surface area contributed by atoms with Gasteiger partial charge in [-0.1, -0.05) is 39.0 Å². The van der Waals surface area contributed by atoms with E-state index in [4.69, 9.17) is 0 Å². The van der Waals surface area contributed by atoms with Gasteiger partial charge in [0.05, 0.1) is 0 Å². The average molecular weight is 257 g/mol. The Kier molecular flexibility index (Phi) is 4.03. The minimum absolute atomic E-state index is 0.434. The van der Waals surface area contributed by atoms with Gasteiger partial charge in [0.1, 0.15) is 0 Å². The summed E-state index contributed by atoms with van der Waals surface area (Å²) in [5, 5.41) is 0. The van der Waals surface area contributed by atoms with Crippen molar-refractivity contribution in [1.82, 2.24) is 0 Å². The summed E-state index contributed by atoms with van der Waals surface area (Å²) in [6, 6.07) is 8.76. The molecule has 0 amide bonds. The normalized spacial score (nSPS) is 20.1. The minimum Gasteiger partial charge on any atom is -0.348 e. The second-order valence-corrected chi connectivity index (χ2v) is 6.93. The van der Waals surface area contributed by atoms with E-state index in [1.54, 1.807) is 0 Å². The standard InChI is InChI=1S/C18H27N/c1-14-7-6-8-17(13-14)19(5)16-11-9-15(10-12-16)18(2,3)4/h6-8,11,13,15H,9-10,12H2,1-5H3. The third kappa shape index (κ3) is 3.40. The number of rotatable bonds is 2. The molecule has 1 atom stereocenters. The predicted molar refractivity (Wildman–Crippen MR) is 84.5 cm³/mol. The number of hydrogen-bond donors (Lipinski definition) is 0. The van der Waals surface area contributed by atoms with Crippen LogP contribution in [0.1, 0.15) is 45.6 Å². The lowest BCUT2D eigenvalue weighted by atomic mass is 9.74. The Balaban J connectivity index is 2.10. The van der Waals surface area contributed by atoms with E-state index in [-0.39, 0.29) is 0 Å². The summed E-state index contributed by atoms with van der Waals surface area (Å²) in [4.78, 5) is 2.35. The van der Waals surface area contributed by atoms with Gasteiger partial charge in [0.25, 0.3) is 0 Å². The first-order chi connectivity index (χ1) is 8.88. The first kappa shape index (κ1) is 14.2. The number of nitrogens with zero attached hydrogens (tertiary/aromatic N) is 1. The van der Waals surface area contributed by atoms with Crippen LogP contribution in [0.25, 0.3) is 0 Å². The molecule has 19 heavy (non-hydrogen) atoms. The van der Waals surface area contributed by atoms with Crippen molar-refractivity contribution in [2.45, 2.75) is 47.0 Å². The largest absolute Gasteiger partial charge is 0.348 e. The molecule has 1 heteroatoms. The molecular weight excluding hydrogens is 230 g/mol. The van der Waals surface area contributed by atoms with Crippen LogP contribution in [0.2, 0.25) is 0 Å². The maximum atomic E-state index is 2.45. The number of anilines is 1. The Morgan fingerprint density at radius 3 is 2.47 bits per heavy atom. The highest BCUT2D eigenvalue weighted by molar-refractivity contribution is 5.52. The maximum absolute atomic E-state index is 2.45. The van der Waals surface area contributed by atoms with Gasteiger partial charge in [-0.2, -0.15) is 0 Å². The molecule has 2 rings (SSSR count). The molecule has 1 unspecified atom stereocenters. The molecule has 0 radical (unpaired) electrons. The monoisotopic (exact) mass is 257 g/mol. The second-order valence-electron chi connectivity index (χ2n) is 6.93. The summed E-state index contributed by atoms with van der Waals surface area (Å²) in [5.41, 5.74) is 4.55. The first-order valence-electron chi connectivity index (χ1n) is 7.37.